The van der Waals surface area contributed by atoms with Crippen molar-refractivity contribution in [3.05, 3.63) is 65.4 Å². The van der Waals surface area contributed by atoms with Crippen LogP contribution < -0.4 is 4.90 Å². The molecule has 1 N–H and O–H groups in total. The second-order valence-corrected chi connectivity index (χ2v) is 7.76. The van der Waals surface area contributed by atoms with Crippen LogP contribution in [-0.2, 0) is 13.2 Å². The Morgan fingerprint density at radius 3 is 2.70 bits per heavy atom. The van der Waals surface area contributed by atoms with Crippen molar-refractivity contribution < 1.29 is 5.11 Å². The third-order valence-corrected chi connectivity index (χ3v) is 6.23. The molecule has 0 spiro atoms. The predicted octanol–water partition coefficient (Wildman–Crippen LogP) is 3.77. The van der Waals surface area contributed by atoms with Gasteiger partial charge in [-0.05, 0) is 30.7 Å². The quantitative estimate of drug-likeness (QED) is 0.771. The Morgan fingerprint density at radius 1 is 1.04 bits per heavy atom. The fourth-order valence-corrected chi connectivity index (χ4v) is 5.09. The number of para-hydroxylation sites is 2. The van der Waals surface area contributed by atoms with Gasteiger partial charge >= 0.3 is 0 Å². The number of anilines is 1. The molecule has 27 heavy (non-hydrogen) atoms. The number of benzene rings is 2. The highest BCUT2D eigenvalue weighted by Gasteiger charge is 2.36. The Kier molecular flexibility index (Phi) is 4.18. The van der Waals surface area contributed by atoms with Crippen LogP contribution in [0, 0.1) is 0 Å². The summed E-state index contributed by atoms with van der Waals surface area (Å²) in [6.45, 7) is 7.52. The molecule has 4 nitrogen and oxygen atoms in total. The van der Waals surface area contributed by atoms with Gasteiger partial charge in [-0.25, -0.2) is 0 Å². The second kappa shape index (κ2) is 6.70. The molecular formula is C23H27N3O. The van der Waals surface area contributed by atoms with Crippen molar-refractivity contribution in [2.75, 3.05) is 31.1 Å². The lowest BCUT2D eigenvalue weighted by molar-refractivity contribution is 0.218. The lowest BCUT2D eigenvalue weighted by atomic mass is 10.0. The van der Waals surface area contributed by atoms with Crippen LogP contribution in [0.5, 0.6) is 0 Å². The van der Waals surface area contributed by atoms with Gasteiger partial charge in [0.1, 0.15) is 0 Å². The molecule has 2 aromatic carbocycles. The Morgan fingerprint density at radius 2 is 1.85 bits per heavy atom. The summed E-state index contributed by atoms with van der Waals surface area (Å²) in [6.07, 6.45) is 1.18. The summed E-state index contributed by atoms with van der Waals surface area (Å²) in [4.78, 5) is 5.16. The largest absolute Gasteiger partial charge is 0.392 e. The molecule has 3 heterocycles. The van der Waals surface area contributed by atoms with Crippen LogP contribution in [-0.4, -0.2) is 40.8 Å². The van der Waals surface area contributed by atoms with Crippen LogP contribution in [0.15, 0.2) is 48.5 Å². The molecule has 3 aromatic rings. The molecule has 0 amide bonds. The van der Waals surface area contributed by atoms with E-state index >= 15 is 0 Å². The van der Waals surface area contributed by atoms with Crippen LogP contribution in [0.1, 0.15) is 36.2 Å². The molecule has 1 unspecified atom stereocenters. The van der Waals surface area contributed by atoms with Gasteiger partial charge in [0.2, 0.25) is 0 Å². The zero-order valence-corrected chi connectivity index (χ0v) is 15.9. The van der Waals surface area contributed by atoms with Crippen molar-refractivity contribution in [3.63, 3.8) is 0 Å². The molecule has 4 heteroatoms. The van der Waals surface area contributed by atoms with Crippen molar-refractivity contribution in [1.82, 2.24) is 9.47 Å². The molecule has 2 aliphatic rings. The third-order valence-electron chi connectivity index (χ3n) is 6.23. The first-order valence-corrected chi connectivity index (χ1v) is 10.1. The average molecular weight is 361 g/mol. The zero-order valence-electron chi connectivity index (χ0n) is 15.9. The summed E-state index contributed by atoms with van der Waals surface area (Å²) in [6, 6.07) is 17.6. The highest BCUT2D eigenvalue weighted by atomic mass is 16.3. The Hall–Kier alpha value is -2.30. The standard InChI is InChI=1S/C23H27N3O/c1-2-11-24-12-13-25-20-9-5-3-7-17(20)14-26-21-10-6-4-8-18(21)19(16-27)23(26)22(25)15-24/h3-10,22,27H,2,11-16H2,1H3. The molecule has 1 saturated heterocycles. The highest BCUT2D eigenvalue weighted by molar-refractivity contribution is 5.86. The van der Waals surface area contributed by atoms with Crippen LogP contribution in [0.4, 0.5) is 5.69 Å². The predicted molar refractivity (Wildman–Crippen MR) is 110 cm³/mol. The molecule has 2 aliphatic heterocycles. The molecule has 1 fully saturated rings. The van der Waals surface area contributed by atoms with E-state index in [9.17, 15) is 5.11 Å². The fraction of sp³-hybridized carbons (Fsp3) is 0.391. The third kappa shape index (κ3) is 2.59. The van der Waals surface area contributed by atoms with Gasteiger partial charge in [0, 0.05) is 54.0 Å². The van der Waals surface area contributed by atoms with E-state index in [2.05, 4.69) is 69.8 Å². The second-order valence-electron chi connectivity index (χ2n) is 7.76. The number of aromatic nitrogens is 1. The summed E-state index contributed by atoms with van der Waals surface area (Å²) >= 11 is 0. The van der Waals surface area contributed by atoms with E-state index in [0.717, 1.165) is 38.3 Å². The number of piperazine rings is 1. The van der Waals surface area contributed by atoms with Crippen LogP contribution in [0.25, 0.3) is 10.9 Å². The number of hydrogen-bond acceptors (Lipinski definition) is 3. The van der Waals surface area contributed by atoms with Gasteiger partial charge in [0.15, 0.2) is 0 Å². The van der Waals surface area contributed by atoms with Gasteiger partial charge in [-0.15, -0.1) is 0 Å². The van der Waals surface area contributed by atoms with Crippen LogP contribution >= 0.6 is 0 Å². The minimum Gasteiger partial charge on any atom is -0.392 e. The van der Waals surface area contributed by atoms with Gasteiger partial charge in [-0.1, -0.05) is 43.3 Å². The van der Waals surface area contributed by atoms with Crippen molar-refractivity contribution in [2.45, 2.75) is 32.5 Å². The molecule has 140 valence electrons. The monoisotopic (exact) mass is 361 g/mol. The maximum absolute atomic E-state index is 10.3. The van der Waals surface area contributed by atoms with Crippen molar-refractivity contribution in [2.24, 2.45) is 0 Å². The van der Waals surface area contributed by atoms with Gasteiger partial charge in [0.05, 0.1) is 12.6 Å². The van der Waals surface area contributed by atoms with E-state index < -0.39 is 0 Å². The van der Waals surface area contributed by atoms with E-state index in [0.29, 0.717) is 0 Å². The average Bonchev–Trinajstić information content (AvgIpc) is 2.94. The van der Waals surface area contributed by atoms with Crippen molar-refractivity contribution >= 4 is 16.6 Å². The summed E-state index contributed by atoms with van der Waals surface area (Å²) < 4.78 is 2.46. The number of nitrogens with zero attached hydrogens (tertiary/aromatic N) is 3. The first-order chi connectivity index (χ1) is 13.3. The van der Waals surface area contributed by atoms with E-state index in [1.54, 1.807) is 0 Å². The summed E-state index contributed by atoms with van der Waals surface area (Å²) in [5, 5.41) is 11.5. The first kappa shape index (κ1) is 16.8. The van der Waals surface area contributed by atoms with Gasteiger partial charge in [0.25, 0.3) is 0 Å². The zero-order chi connectivity index (χ0) is 18.4. The topological polar surface area (TPSA) is 31.6 Å². The maximum atomic E-state index is 10.3. The number of aliphatic hydroxyl groups excluding tert-OH is 1. The van der Waals surface area contributed by atoms with Crippen molar-refractivity contribution in [3.8, 4) is 0 Å². The number of fused-ring (bicyclic) bond motifs is 7. The minimum absolute atomic E-state index is 0.0946. The summed E-state index contributed by atoms with van der Waals surface area (Å²) in [5.41, 5.74) is 6.37. The fourth-order valence-electron chi connectivity index (χ4n) is 5.09. The summed E-state index contributed by atoms with van der Waals surface area (Å²) in [5.74, 6) is 0. The minimum atomic E-state index is 0.0946. The molecule has 1 aromatic heterocycles. The van der Waals surface area contributed by atoms with E-state index in [1.807, 2.05) is 0 Å². The smallest absolute Gasteiger partial charge is 0.0825 e. The Balaban J connectivity index is 1.75. The highest BCUT2D eigenvalue weighted by Crippen LogP contribution is 2.41. The maximum Gasteiger partial charge on any atom is 0.0825 e. The normalized spacial score (nSPS) is 19.5. The molecule has 0 aliphatic carbocycles. The molecule has 1 atom stereocenters. The Labute approximate surface area is 160 Å². The molecule has 0 radical (unpaired) electrons. The Bertz CT molecular complexity index is 977. The molecular weight excluding hydrogens is 334 g/mol. The molecule has 0 bridgehead atoms. The molecule has 0 saturated carbocycles. The van der Waals surface area contributed by atoms with E-state index in [-0.39, 0.29) is 12.6 Å². The lowest BCUT2D eigenvalue weighted by Crippen LogP contribution is -2.49. The summed E-state index contributed by atoms with van der Waals surface area (Å²) in [7, 11) is 0. The van der Waals surface area contributed by atoms with Gasteiger partial charge in [-0.2, -0.15) is 0 Å². The van der Waals surface area contributed by atoms with E-state index in [4.69, 9.17) is 0 Å². The van der Waals surface area contributed by atoms with Gasteiger partial charge in [-0.3, -0.25) is 4.90 Å². The van der Waals surface area contributed by atoms with Gasteiger partial charge < -0.3 is 14.6 Å². The lowest BCUT2D eigenvalue weighted by Gasteiger charge is -2.42. The first-order valence-electron chi connectivity index (χ1n) is 10.1. The molecule has 5 rings (SSSR count). The van der Waals surface area contributed by atoms with Crippen LogP contribution in [0.2, 0.25) is 0 Å². The number of rotatable bonds is 3. The number of aliphatic hydroxyl groups is 1. The van der Waals surface area contributed by atoms with Crippen LogP contribution in [0.3, 0.4) is 0 Å². The SMILES string of the molecule is CCCN1CCN2c3ccccc3Cn3c(c(CO)c4ccccc43)C2C1. The van der Waals surface area contributed by atoms with Crippen molar-refractivity contribution in [1.29, 1.82) is 0 Å². The van der Waals surface area contributed by atoms with E-state index in [1.165, 1.54) is 34.3 Å². The number of hydrogen-bond donors (Lipinski definition) is 1.